The lowest BCUT2D eigenvalue weighted by Gasteiger charge is -2.02. The minimum absolute atomic E-state index is 0. The Labute approximate surface area is 91.0 Å². The lowest BCUT2D eigenvalue weighted by atomic mass is 10.3. The smallest absolute Gasteiger partial charge is 0.220 e. The Morgan fingerprint density at radius 1 is 1.46 bits per heavy atom. The van der Waals surface area contributed by atoms with E-state index in [0.717, 1.165) is 31.0 Å². The first kappa shape index (κ1) is 13.1. The summed E-state index contributed by atoms with van der Waals surface area (Å²) in [6.07, 6.45) is 1.56. The maximum absolute atomic E-state index is 11.0. The molecule has 0 atom stereocenters. The van der Waals surface area contributed by atoms with Crippen molar-refractivity contribution >= 4 is 27.5 Å². The summed E-state index contributed by atoms with van der Waals surface area (Å²) < 4.78 is 0. The number of nitrogens with one attached hydrogen (secondary N) is 1. The van der Waals surface area contributed by atoms with E-state index in [9.17, 15) is 4.79 Å². The van der Waals surface area contributed by atoms with Crippen LogP contribution in [0, 0.1) is 0 Å². The van der Waals surface area contributed by atoms with Crippen LogP contribution < -0.4 is 11.1 Å². The number of carbonyl (C=O) groups is 1. The molecule has 82 valence electrons. The average Bonchev–Trinajstić information content (AvgIpc) is 2.11. The highest BCUT2D eigenvalue weighted by Crippen LogP contribution is 2.18. The van der Waals surface area contributed by atoms with Gasteiger partial charge in [-0.2, -0.15) is 0 Å². The van der Waals surface area contributed by atoms with Crippen molar-refractivity contribution in [3.05, 3.63) is 0 Å². The molecule has 0 aliphatic heterocycles. The highest BCUT2D eigenvalue weighted by molar-refractivity contribution is 8.76. The van der Waals surface area contributed by atoms with E-state index in [1.54, 1.807) is 21.6 Å². The maximum atomic E-state index is 11.0. The minimum atomic E-state index is 0. The highest BCUT2D eigenvalue weighted by atomic mass is 33.1. The Morgan fingerprint density at radius 2 is 2.15 bits per heavy atom. The van der Waals surface area contributed by atoms with E-state index < -0.39 is 0 Å². The van der Waals surface area contributed by atoms with Crippen LogP contribution >= 0.6 is 21.6 Å². The summed E-state index contributed by atoms with van der Waals surface area (Å²) >= 11 is 0. The number of carbonyl (C=O) groups excluding carboxylic acids is 1. The van der Waals surface area contributed by atoms with E-state index in [1.165, 1.54) is 0 Å². The number of nitrogens with two attached hydrogens (primary N) is 1. The van der Waals surface area contributed by atoms with Gasteiger partial charge in [-0.15, -0.1) is 0 Å². The second-order valence-electron chi connectivity index (χ2n) is 2.53. The molecule has 0 fully saturated rings. The maximum Gasteiger partial charge on any atom is 0.220 e. The second kappa shape index (κ2) is 10.2. The summed E-state index contributed by atoms with van der Waals surface area (Å²) in [5, 5.41) is 2.86. The SMILES string of the molecule is CCCC(=O)NCCSSCCN.[HH].[HH]. The minimum Gasteiger partial charge on any atom is -0.355 e. The van der Waals surface area contributed by atoms with Gasteiger partial charge in [0.1, 0.15) is 0 Å². The number of rotatable bonds is 8. The zero-order chi connectivity index (χ0) is 9.94. The van der Waals surface area contributed by atoms with Gasteiger partial charge in [0.05, 0.1) is 0 Å². The second-order valence-corrected chi connectivity index (χ2v) is 5.23. The Kier molecular flexibility index (Phi) is 10.3. The summed E-state index contributed by atoms with van der Waals surface area (Å²) in [6, 6.07) is 0. The van der Waals surface area contributed by atoms with Crippen molar-refractivity contribution in [3.63, 3.8) is 0 Å². The summed E-state index contributed by atoms with van der Waals surface area (Å²) in [7, 11) is 3.52. The van der Waals surface area contributed by atoms with Gasteiger partial charge in [-0.3, -0.25) is 4.79 Å². The third-order valence-corrected chi connectivity index (χ3v) is 3.71. The molecule has 0 rings (SSSR count). The first-order chi connectivity index (χ1) is 6.31. The van der Waals surface area contributed by atoms with Crippen LogP contribution in [-0.4, -0.2) is 30.5 Å². The highest BCUT2D eigenvalue weighted by Gasteiger charge is 1.97. The zero-order valence-electron chi connectivity index (χ0n) is 8.04. The molecule has 0 aliphatic carbocycles. The molecule has 5 heteroatoms. The van der Waals surface area contributed by atoms with Gasteiger partial charge in [0, 0.05) is 33.9 Å². The lowest BCUT2D eigenvalue weighted by molar-refractivity contribution is -0.120. The summed E-state index contributed by atoms with van der Waals surface area (Å²) in [5.41, 5.74) is 5.33. The molecule has 0 heterocycles. The average molecular weight is 226 g/mol. The fourth-order valence-corrected chi connectivity index (χ4v) is 2.48. The van der Waals surface area contributed by atoms with Crippen molar-refractivity contribution < 1.29 is 7.65 Å². The molecule has 0 aromatic carbocycles. The van der Waals surface area contributed by atoms with Crippen molar-refractivity contribution in [2.45, 2.75) is 19.8 Å². The number of hydrogen-bond acceptors (Lipinski definition) is 4. The molecule has 3 N–H and O–H groups in total. The van der Waals surface area contributed by atoms with E-state index in [4.69, 9.17) is 5.73 Å². The van der Waals surface area contributed by atoms with Crippen LogP contribution in [0.25, 0.3) is 0 Å². The molecular formula is C8H22N2OS2. The molecule has 0 bridgehead atoms. The molecule has 0 saturated heterocycles. The third-order valence-electron chi connectivity index (χ3n) is 1.27. The molecule has 1 amide bonds. The van der Waals surface area contributed by atoms with Gasteiger partial charge in [0.25, 0.3) is 0 Å². The van der Waals surface area contributed by atoms with Gasteiger partial charge in [0.15, 0.2) is 0 Å². The standard InChI is InChI=1S/C8H18N2OS2.2H2/c1-2-3-8(11)10-5-7-13-12-6-4-9;;/h2-7,9H2,1H3,(H,10,11);2*1H. The number of amides is 1. The van der Waals surface area contributed by atoms with Crippen molar-refractivity contribution in [1.82, 2.24) is 5.32 Å². The molecule has 3 nitrogen and oxygen atoms in total. The van der Waals surface area contributed by atoms with Gasteiger partial charge in [-0.25, -0.2) is 0 Å². The van der Waals surface area contributed by atoms with Crippen LogP contribution in [0.2, 0.25) is 0 Å². The summed E-state index contributed by atoms with van der Waals surface area (Å²) in [5.74, 6) is 2.10. The Hall–Kier alpha value is 0.130. The van der Waals surface area contributed by atoms with E-state index in [0.29, 0.717) is 6.42 Å². The topological polar surface area (TPSA) is 55.1 Å². The van der Waals surface area contributed by atoms with Crippen molar-refractivity contribution in [2.24, 2.45) is 5.73 Å². The number of hydrogen-bond donors (Lipinski definition) is 2. The lowest BCUT2D eigenvalue weighted by Crippen LogP contribution is -2.24. The van der Waals surface area contributed by atoms with Gasteiger partial charge >= 0.3 is 0 Å². The fourth-order valence-electron chi connectivity index (χ4n) is 0.714. The monoisotopic (exact) mass is 226 g/mol. The van der Waals surface area contributed by atoms with Crippen LogP contribution in [-0.2, 0) is 4.79 Å². The first-order valence-corrected chi connectivity index (χ1v) is 7.01. The van der Waals surface area contributed by atoms with Crippen LogP contribution in [0.5, 0.6) is 0 Å². The van der Waals surface area contributed by atoms with Crippen LogP contribution in [0.4, 0.5) is 0 Å². The van der Waals surface area contributed by atoms with Crippen LogP contribution in [0.3, 0.4) is 0 Å². The molecule has 0 saturated carbocycles. The first-order valence-electron chi connectivity index (χ1n) is 4.52. The van der Waals surface area contributed by atoms with E-state index in [2.05, 4.69) is 5.32 Å². The molecule has 0 radical (unpaired) electrons. The van der Waals surface area contributed by atoms with Gasteiger partial charge in [-0.05, 0) is 6.42 Å². The molecule has 0 aromatic rings. The molecular weight excluding hydrogens is 204 g/mol. The van der Waals surface area contributed by atoms with Gasteiger partial charge in [-0.1, -0.05) is 28.5 Å². The van der Waals surface area contributed by atoms with Crippen LogP contribution in [0.1, 0.15) is 22.6 Å². The zero-order valence-corrected chi connectivity index (χ0v) is 9.68. The Morgan fingerprint density at radius 3 is 2.77 bits per heavy atom. The molecule has 0 aromatic heterocycles. The normalized spacial score (nSPS) is 10.0. The van der Waals surface area contributed by atoms with Crippen molar-refractivity contribution in [2.75, 3.05) is 24.6 Å². The quantitative estimate of drug-likeness (QED) is 0.489. The van der Waals surface area contributed by atoms with Crippen LogP contribution in [0.15, 0.2) is 0 Å². The summed E-state index contributed by atoms with van der Waals surface area (Å²) in [6.45, 7) is 3.49. The van der Waals surface area contributed by atoms with Crippen molar-refractivity contribution in [1.29, 1.82) is 0 Å². The van der Waals surface area contributed by atoms with Gasteiger partial charge < -0.3 is 11.1 Å². The summed E-state index contributed by atoms with van der Waals surface area (Å²) in [4.78, 5) is 11.0. The van der Waals surface area contributed by atoms with Gasteiger partial charge in [0.2, 0.25) is 5.91 Å². The van der Waals surface area contributed by atoms with E-state index in [1.807, 2.05) is 6.92 Å². The van der Waals surface area contributed by atoms with E-state index in [-0.39, 0.29) is 8.76 Å². The predicted molar refractivity (Wildman–Crippen MR) is 66.1 cm³/mol. The molecule has 13 heavy (non-hydrogen) atoms. The Bertz CT molecular complexity index is 142. The Balaban J connectivity index is -0.000000720. The van der Waals surface area contributed by atoms with E-state index >= 15 is 0 Å². The third kappa shape index (κ3) is 10.0. The molecule has 0 aliphatic rings. The molecule has 0 unspecified atom stereocenters. The predicted octanol–water partition coefficient (Wildman–Crippen LogP) is 1.73. The largest absolute Gasteiger partial charge is 0.355 e. The van der Waals surface area contributed by atoms with Crippen molar-refractivity contribution in [3.8, 4) is 0 Å². The fraction of sp³-hybridized carbons (Fsp3) is 0.875. The molecule has 0 spiro atoms.